The second-order valence-corrected chi connectivity index (χ2v) is 5.63. The van der Waals surface area contributed by atoms with Gasteiger partial charge < -0.3 is 5.32 Å². The SMILES string of the molecule is O=C(NCc1ccc(Br)cc1)c1cnc(-n2cccn2)[nH]c1=O. The molecule has 3 aromatic rings. The summed E-state index contributed by atoms with van der Waals surface area (Å²) in [5, 5.41) is 6.66. The number of H-pyrrole nitrogens is 1. The fourth-order valence-corrected chi connectivity index (χ4v) is 2.20. The third-order valence-corrected chi connectivity index (χ3v) is 3.65. The number of benzene rings is 1. The maximum atomic E-state index is 12.1. The van der Waals surface area contributed by atoms with Crippen LogP contribution in [0, 0.1) is 0 Å². The molecule has 0 aliphatic carbocycles. The highest BCUT2D eigenvalue weighted by molar-refractivity contribution is 9.10. The molecule has 0 bridgehead atoms. The highest BCUT2D eigenvalue weighted by atomic mass is 79.9. The van der Waals surface area contributed by atoms with Gasteiger partial charge in [0.15, 0.2) is 0 Å². The minimum atomic E-state index is -0.515. The van der Waals surface area contributed by atoms with Crippen molar-refractivity contribution < 1.29 is 4.79 Å². The van der Waals surface area contributed by atoms with Crippen molar-refractivity contribution in [3.63, 3.8) is 0 Å². The van der Waals surface area contributed by atoms with E-state index in [-0.39, 0.29) is 11.5 Å². The molecule has 1 amide bonds. The normalized spacial score (nSPS) is 10.5. The minimum Gasteiger partial charge on any atom is -0.348 e. The van der Waals surface area contributed by atoms with Crippen LogP contribution in [-0.2, 0) is 6.54 Å². The van der Waals surface area contributed by atoms with Gasteiger partial charge in [0.05, 0.1) is 0 Å². The zero-order valence-corrected chi connectivity index (χ0v) is 13.4. The van der Waals surface area contributed by atoms with Crippen molar-refractivity contribution >= 4 is 21.8 Å². The molecule has 116 valence electrons. The van der Waals surface area contributed by atoms with Crippen LogP contribution in [0.2, 0.25) is 0 Å². The van der Waals surface area contributed by atoms with Crippen molar-refractivity contribution in [2.45, 2.75) is 6.54 Å². The molecule has 0 spiro atoms. The van der Waals surface area contributed by atoms with E-state index in [2.05, 4.69) is 36.3 Å². The average Bonchev–Trinajstić information content (AvgIpc) is 3.08. The molecule has 0 radical (unpaired) electrons. The number of amides is 1. The first kappa shape index (κ1) is 15.2. The molecule has 2 N–H and O–H groups in total. The molecule has 2 aromatic heterocycles. The molecule has 0 atom stereocenters. The fourth-order valence-electron chi connectivity index (χ4n) is 1.94. The summed E-state index contributed by atoms with van der Waals surface area (Å²) in [5.74, 6) is -0.224. The minimum absolute atomic E-state index is 0.0435. The van der Waals surface area contributed by atoms with Gasteiger partial charge in [0, 0.05) is 29.6 Å². The van der Waals surface area contributed by atoms with E-state index in [0.29, 0.717) is 6.54 Å². The molecule has 2 heterocycles. The zero-order chi connectivity index (χ0) is 16.2. The topological polar surface area (TPSA) is 92.7 Å². The number of halogens is 1. The summed E-state index contributed by atoms with van der Waals surface area (Å²) >= 11 is 3.35. The molecular weight excluding hydrogens is 362 g/mol. The molecule has 7 nitrogen and oxygen atoms in total. The highest BCUT2D eigenvalue weighted by Gasteiger charge is 2.12. The Morgan fingerprint density at radius 1 is 1.30 bits per heavy atom. The van der Waals surface area contributed by atoms with Crippen molar-refractivity contribution in [3.8, 4) is 5.95 Å². The van der Waals surface area contributed by atoms with Gasteiger partial charge in [-0.05, 0) is 23.8 Å². The van der Waals surface area contributed by atoms with E-state index in [1.54, 1.807) is 18.5 Å². The smallest absolute Gasteiger partial charge is 0.265 e. The monoisotopic (exact) mass is 373 g/mol. The molecular formula is C15H12BrN5O2. The molecule has 0 aliphatic rings. The summed E-state index contributed by atoms with van der Waals surface area (Å²) in [7, 11) is 0. The van der Waals surface area contributed by atoms with Gasteiger partial charge >= 0.3 is 0 Å². The van der Waals surface area contributed by atoms with Crippen LogP contribution in [-0.4, -0.2) is 25.7 Å². The van der Waals surface area contributed by atoms with Gasteiger partial charge in [0.1, 0.15) is 5.56 Å². The number of nitrogens with one attached hydrogen (secondary N) is 2. The fraction of sp³-hybridized carbons (Fsp3) is 0.0667. The quantitative estimate of drug-likeness (QED) is 0.726. The zero-order valence-electron chi connectivity index (χ0n) is 11.9. The van der Waals surface area contributed by atoms with Crippen LogP contribution in [0.5, 0.6) is 0 Å². The second-order valence-electron chi connectivity index (χ2n) is 4.71. The van der Waals surface area contributed by atoms with E-state index in [1.165, 1.54) is 10.9 Å². The van der Waals surface area contributed by atoms with Crippen LogP contribution in [0.3, 0.4) is 0 Å². The maximum absolute atomic E-state index is 12.1. The Morgan fingerprint density at radius 3 is 2.74 bits per heavy atom. The van der Waals surface area contributed by atoms with Crippen LogP contribution in [0.15, 0.2) is 58.2 Å². The molecule has 0 unspecified atom stereocenters. The summed E-state index contributed by atoms with van der Waals surface area (Å²) < 4.78 is 2.37. The number of nitrogens with zero attached hydrogens (tertiary/aromatic N) is 3. The first-order chi connectivity index (χ1) is 11.1. The highest BCUT2D eigenvalue weighted by Crippen LogP contribution is 2.10. The molecule has 1 aromatic carbocycles. The number of aromatic amines is 1. The summed E-state index contributed by atoms with van der Waals surface area (Å²) in [6, 6.07) is 9.24. The van der Waals surface area contributed by atoms with Gasteiger partial charge in [-0.1, -0.05) is 28.1 Å². The Bertz CT molecular complexity index is 872. The van der Waals surface area contributed by atoms with Crippen LogP contribution >= 0.6 is 15.9 Å². The Kier molecular flexibility index (Phi) is 4.33. The van der Waals surface area contributed by atoms with Crippen LogP contribution in [0.25, 0.3) is 5.95 Å². The van der Waals surface area contributed by atoms with E-state index >= 15 is 0 Å². The Hall–Kier alpha value is -2.74. The third kappa shape index (κ3) is 3.54. The molecule has 0 aliphatic heterocycles. The Balaban J connectivity index is 1.72. The first-order valence-corrected chi connectivity index (χ1v) is 7.55. The van der Waals surface area contributed by atoms with Gasteiger partial charge in [-0.25, -0.2) is 9.67 Å². The number of carbonyl (C=O) groups excluding carboxylic acids is 1. The number of aromatic nitrogens is 4. The predicted octanol–water partition coefficient (Wildman–Crippen LogP) is 1.65. The van der Waals surface area contributed by atoms with E-state index in [1.807, 2.05) is 24.3 Å². The molecule has 0 saturated carbocycles. The van der Waals surface area contributed by atoms with Crippen LogP contribution < -0.4 is 10.9 Å². The number of hydrogen-bond acceptors (Lipinski definition) is 4. The molecule has 0 saturated heterocycles. The lowest BCUT2D eigenvalue weighted by molar-refractivity contribution is 0.0949. The maximum Gasteiger partial charge on any atom is 0.265 e. The van der Waals surface area contributed by atoms with Crippen LogP contribution in [0.4, 0.5) is 0 Å². The summed E-state index contributed by atoms with van der Waals surface area (Å²) in [5.41, 5.74) is 0.371. The number of carbonyl (C=O) groups is 1. The molecule has 8 heteroatoms. The number of rotatable bonds is 4. The first-order valence-electron chi connectivity index (χ1n) is 6.75. The Morgan fingerprint density at radius 2 is 2.09 bits per heavy atom. The van der Waals surface area contributed by atoms with Crippen molar-refractivity contribution in [3.05, 3.63) is 74.9 Å². The Labute approximate surface area is 139 Å². The summed E-state index contributed by atoms with van der Waals surface area (Å²) in [6.07, 6.45) is 4.46. The van der Waals surface area contributed by atoms with Crippen molar-refractivity contribution in [1.82, 2.24) is 25.1 Å². The lowest BCUT2D eigenvalue weighted by Crippen LogP contribution is -2.30. The summed E-state index contributed by atoms with van der Waals surface area (Å²) in [6.45, 7) is 0.326. The number of hydrogen-bond donors (Lipinski definition) is 2. The van der Waals surface area contributed by atoms with Gasteiger partial charge in [0.2, 0.25) is 5.95 Å². The van der Waals surface area contributed by atoms with Crippen LogP contribution in [0.1, 0.15) is 15.9 Å². The van der Waals surface area contributed by atoms with E-state index < -0.39 is 11.5 Å². The standard InChI is InChI=1S/C15H12BrN5O2/c16-11-4-2-10(3-5-11)8-17-13(22)12-9-18-15(20-14(12)23)21-7-1-6-19-21/h1-7,9H,8H2,(H,17,22)(H,18,20,23). The van der Waals surface area contributed by atoms with Crippen molar-refractivity contribution in [2.75, 3.05) is 0 Å². The van der Waals surface area contributed by atoms with Crippen molar-refractivity contribution in [1.29, 1.82) is 0 Å². The molecule has 3 rings (SSSR count). The van der Waals surface area contributed by atoms with Gasteiger partial charge in [0.25, 0.3) is 11.5 Å². The lowest BCUT2D eigenvalue weighted by Gasteiger charge is -2.06. The van der Waals surface area contributed by atoms with E-state index in [9.17, 15) is 9.59 Å². The van der Waals surface area contributed by atoms with E-state index in [0.717, 1.165) is 10.0 Å². The van der Waals surface area contributed by atoms with E-state index in [4.69, 9.17) is 0 Å². The largest absolute Gasteiger partial charge is 0.348 e. The lowest BCUT2D eigenvalue weighted by atomic mass is 10.2. The van der Waals surface area contributed by atoms with Gasteiger partial charge in [-0.15, -0.1) is 0 Å². The molecule has 23 heavy (non-hydrogen) atoms. The second kappa shape index (κ2) is 6.57. The van der Waals surface area contributed by atoms with Gasteiger partial charge in [-0.2, -0.15) is 5.10 Å². The third-order valence-electron chi connectivity index (χ3n) is 3.12. The average molecular weight is 374 g/mol. The predicted molar refractivity (Wildman–Crippen MR) is 87.3 cm³/mol. The summed E-state index contributed by atoms with van der Waals surface area (Å²) in [4.78, 5) is 30.7. The van der Waals surface area contributed by atoms with Crippen molar-refractivity contribution in [2.24, 2.45) is 0 Å². The van der Waals surface area contributed by atoms with Gasteiger partial charge in [-0.3, -0.25) is 14.6 Å². The molecule has 0 fully saturated rings.